The maximum absolute atomic E-state index is 13.7. The van der Waals surface area contributed by atoms with Crippen LogP contribution in [0.25, 0.3) is 22.4 Å². The van der Waals surface area contributed by atoms with Gasteiger partial charge >= 0.3 is 6.18 Å². The number of likely N-dealkylation sites (tertiary alicyclic amines) is 1. The Morgan fingerprint density at radius 2 is 2.06 bits per heavy atom. The first-order valence-corrected chi connectivity index (χ1v) is 12.7. The largest absolute Gasteiger partial charge is 0.417 e. The fourth-order valence-corrected chi connectivity index (χ4v) is 5.78. The van der Waals surface area contributed by atoms with E-state index in [2.05, 4.69) is 34.1 Å². The molecule has 1 aromatic heterocycles. The molecule has 1 aliphatic heterocycles. The summed E-state index contributed by atoms with van der Waals surface area (Å²) < 4.78 is 41.0. The standard InChI is InChI=1S/C28H33F3N4O/c1-18(28(29,30)31)25-22-6-3-7-24(33-21-10-11-27(16-21)12-14-35(2)17-27)23(22)15-20(34-25)5-4-13-32-26(36)19-8-9-19/h3-7,15,19,21,33H,1,8-14,16-17H2,2H3,(H,32,36)/b5-4+. The quantitative estimate of drug-likeness (QED) is 0.519. The van der Waals surface area contributed by atoms with Crippen molar-refractivity contribution in [2.24, 2.45) is 11.3 Å². The fourth-order valence-electron chi connectivity index (χ4n) is 5.78. The summed E-state index contributed by atoms with van der Waals surface area (Å²) in [7, 11) is 2.16. The van der Waals surface area contributed by atoms with Crippen LogP contribution in [0, 0.1) is 11.3 Å². The molecule has 5 rings (SSSR count). The number of allylic oxidation sites excluding steroid dienone is 1. The smallest absolute Gasteiger partial charge is 0.382 e. The fraction of sp³-hybridized carbons (Fsp3) is 0.500. The zero-order valence-electron chi connectivity index (χ0n) is 20.6. The number of aromatic nitrogens is 1. The number of pyridine rings is 1. The van der Waals surface area contributed by atoms with Crippen molar-refractivity contribution in [3.05, 3.63) is 48.3 Å². The lowest BCUT2D eigenvalue weighted by Crippen LogP contribution is -2.24. The summed E-state index contributed by atoms with van der Waals surface area (Å²) >= 11 is 0. The lowest BCUT2D eigenvalue weighted by Gasteiger charge is -2.24. The molecule has 1 aromatic carbocycles. The number of nitrogens with zero attached hydrogens (tertiary/aromatic N) is 2. The highest BCUT2D eigenvalue weighted by molar-refractivity contribution is 6.00. The van der Waals surface area contributed by atoms with Crippen molar-refractivity contribution in [3.8, 4) is 0 Å². The number of carbonyl (C=O) groups excluding carboxylic acids is 1. The van der Waals surface area contributed by atoms with Gasteiger partial charge in [0.1, 0.15) is 0 Å². The van der Waals surface area contributed by atoms with Crippen LogP contribution in [0.1, 0.15) is 49.9 Å². The molecule has 192 valence electrons. The van der Waals surface area contributed by atoms with Crippen LogP contribution in [0.15, 0.2) is 36.9 Å². The van der Waals surface area contributed by atoms with Gasteiger partial charge in [-0.1, -0.05) is 24.8 Å². The predicted octanol–water partition coefficient (Wildman–Crippen LogP) is 5.64. The van der Waals surface area contributed by atoms with Crippen molar-refractivity contribution in [1.82, 2.24) is 15.2 Å². The van der Waals surface area contributed by atoms with Crippen LogP contribution in [0.5, 0.6) is 0 Å². The molecule has 5 nitrogen and oxygen atoms in total. The number of nitrogens with one attached hydrogen (secondary N) is 2. The van der Waals surface area contributed by atoms with Crippen LogP contribution < -0.4 is 10.6 Å². The summed E-state index contributed by atoms with van der Waals surface area (Å²) in [6, 6.07) is 7.47. The number of anilines is 1. The van der Waals surface area contributed by atoms with E-state index in [0.717, 1.165) is 50.9 Å². The van der Waals surface area contributed by atoms with Crippen LogP contribution in [0.3, 0.4) is 0 Å². The van der Waals surface area contributed by atoms with Crippen LogP contribution in [-0.2, 0) is 4.79 Å². The summed E-state index contributed by atoms with van der Waals surface area (Å²) in [4.78, 5) is 18.6. The number of carbonyl (C=O) groups is 1. The number of fused-ring (bicyclic) bond motifs is 1. The maximum Gasteiger partial charge on any atom is 0.417 e. The van der Waals surface area contributed by atoms with Gasteiger partial charge in [0.05, 0.1) is 17.0 Å². The zero-order valence-corrected chi connectivity index (χ0v) is 20.6. The first-order valence-electron chi connectivity index (χ1n) is 12.7. The van der Waals surface area contributed by atoms with Gasteiger partial charge in [-0.3, -0.25) is 4.79 Å². The van der Waals surface area contributed by atoms with Gasteiger partial charge in [-0.25, -0.2) is 4.98 Å². The van der Waals surface area contributed by atoms with Gasteiger partial charge in [-0.05, 0) is 75.7 Å². The molecule has 2 unspecified atom stereocenters. The minimum atomic E-state index is -4.59. The van der Waals surface area contributed by atoms with E-state index in [4.69, 9.17) is 0 Å². The molecule has 2 atom stereocenters. The lowest BCUT2D eigenvalue weighted by atomic mass is 9.85. The molecule has 1 amide bonds. The van der Waals surface area contributed by atoms with Crippen molar-refractivity contribution < 1.29 is 18.0 Å². The summed E-state index contributed by atoms with van der Waals surface area (Å²) in [5, 5.41) is 7.60. The van der Waals surface area contributed by atoms with Gasteiger partial charge in [0.15, 0.2) is 0 Å². The van der Waals surface area contributed by atoms with Gasteiger partial charge in [-0.15, -0.1) is 0 Å². The Morgan fingerprint density at radius 3 is 2.75 bits per heavy atom. The van der Waals surface area contributed by atoms with Crippen LogP contribution in [0.4, 0.5) is 18.9 Å². The second kappa shape index (κ2) is 9.54. The molecule has 0 radical (unpaired) electrons. The molecule has 36 heavy (non-hydrogen) atoms. The van der Waals surface area contributed by atoms with Crippen molar-refractivity contribution in [1.29, 1.82) is 0 Å². The Balaban J connectivity index is 1.43. The van der Waals surface area contributed by atoms with Gasteiger partial charge < -0.3 is 15.5 Å². The highest BCUT2D eigenvalue weighted by atomic mass is 19.4. The van der Waals surface area contributed by atoms with Crippen molar-refractivity contribution in [3.63, 3.8) is 0 Å². The van der Waals surface area contributed by atoms with Crippen LogP contribution >= 0.6 is 0 Å². The summed E-state index contributed by atoms with van der Waals surface area (Å²) in [6.07, 6.45) is 5.10. The number of hydrogen-bond acceptors (Lipinski definition) is 4. The molecular formula is C28H33F3N4O. The minimum absolute atomic E-state index is 0.0199. The van der Waals surface area contributed by atoms with E-state index in [1.807, 2.05) is 12.1 Å². The molecule has 8 heteroatoms. The molecule has 1 spiro atoms. The van der Waals surface area contributed by atoms with E-state index in [-0.39, 0.29) is 23.6 Å². The number of benzene rings is 1. The molecule has 1 saturated heterocycles. The van der Waals surface area contributed by atoms with E-state index in [1.54, 1.807) is 24.3 Å². The SMILES string of the molecule is C=C(c1nc(/C=C/CNC(=O)C2CC2)cc2c(NC3CCC4(CCN(C)C4)C3)cccc12)C(F)(F)F. The third kappa shape index (κ3) is 5.28. The monoisotopic (exact) mass is 498 g/mol. The van der Waals surface area contributed by atoms with E-state index in [9.17, 15) is 18.0 Å². The summed E-state index contributed by atoms with van der Waals surface area (Å²) in [6.45, 7) is 5.86. The van der Waals surface area contributed by atoms with Crippen LogP contribution in [-0.4, -0.2) is 54.7 Å². The second-order valence-electron chi connectivity index (χ2n) is 10.8. The minimum Gasteiger partial charge on any atom is -0.382 e. The molecule has 3 fully saturated rings. The van der Waals surface area contributed by atoms with E-state index in [1.165, 1.54) is 6.42 Å². The number of halogens is 3. The molecule has 0 bridgehead atoms. The molecule has 2 saturated carbocycles. The Kier molecular flexibility index (Phi) is 6.57. The van der Waals surface area contributed by atoms with E-state index >= 15 is 0 Å². The first-order chi connectivity index (χ1) is 17.1. The van der Waals surface area contributed by atoms with Gasteiger partial charge in [0, 0.05) is 41.5 Å². The number of rotatable bonds is 7. The van der Waals surface area contributed by atoms with Gasteiger partial charge in [-0.2, -0.15) is 13.2 Å². The molecule has 3 aliphatic rings. The zero-order chi connectivity index (χ0) is 25.5. The number of hydrogen-bond donors (Lipinski definition) is 2. The molecule has 2 heterocycles. The Hall–Kier alpha value is -2.87. The molecular weight excluding hydrogens is 465 g/mol. The normalized spacial score (nSPS) is 24.7. The Bertz CT molecular complexity index is 1200. The predicted molar refractivity (Wildman–Crippen MR) is 137 cm³/mol. The average Bonchev–Trinajstić information content (AvgIpc) is 3.53. The van der Waals surface area contributed by atoms with Crippen LogP contribution in [0.2, 0.25) is 0 Å². The molecule has 2 aliphatic carbocycles. The second-order valence-corrected chi connectivity index (χ2v) is 10.8. The highest BCUT2D eigenvalue weighted by Gasteiger charge is 2.43. The van der Waals surface area contributed by atoms with Gasteiger partial charge in [0.25, 0.3) is 0 Å². The first kappa shape index (κ1) is 24.8. The highest BCUT2D eigenvalue weighted by Crippen LogP contribution is 2.46. The van der Waals surface area contributed by atoms with Gasteiger partial charge in [0.2, 0.25) is 5.91 Å². The topological polar surface area (TPSA) is 57.3 Å². The lowest BCUT2D eigenvalue weighted by molar-refractivity contribution is -0.122. The number of amides is 1. The molecule has 2 N–H and O–H groups in total. The molecule has 2 aromatic rings. The Labute approximate surface area is 209 Å². The van der Waals surface area contributed by atoms with Crippen molar-refractivity contribution in [2.75, 3.05) is 32.0 Å². The van der Waals surface area contributed by atoms with Crippen molar-refractivity contribution in [2.45, 2.75) is 50.7 Å². The Morgan fingerprint density at radius 1 is 1.25 bits per heavy atom. The maximum atomic E-state index is 13.7. The van der Waals surface area contributed by atoms with E-state index in [0.29, 0.717) is 28.4 Å². The summed E-state index contributed by atoms with van der Waals surface area (Å²) in [5.74, 6) is 0.124. The number of alkyl halides is 3. The van der Waals surface area contributed by atoms with Crippen molar-refractivity contribution >= 4 is 34.0 Å². The third-order valence-electron chi connectivity index (χ3n) is 7.84. The average molecular weight is 499 g/mol. The summed E-state index contributed by atoms with van der Waals surface area (Å²) in [5.41, 5.74) is 0.434. The van der Waals surface area contributed by atoms with E-state index < -0.39 is 11.7 Å². The third-order valence-corrected chi connectivity index (χ3v) is 7.84.